The molecule has 0 aromatic carbocycles. The van der Waals surface area contributed by atoms with Gasteiger partial charge in [0, 0.05) is 18.9 Å². The van der Waals surface area contributed by atoms with Gasteiger partial charge in [-0.15, -0.1) is 0 Å². The van der Waals surface area contributed by atoms with Crippen molar-refractivity contribution < 1.29 is 0 Å². The lowest BCUT2D eigenvalue weighted by Gasteiger charge is -2.03. The fourth-order valence-corrected chi connectivity index (χ4v) is 1.55. The minimum absolute atomic E-state index is 0.421. The average Bonchev–Trinajstić information content (AvgIpc) is 2.79. The average molecular weight is 231 g/mol. The standard InChI is InChI=1S/C12H17N5/c1-9(2)11-4-5-17(16-11)12-8-14-7-10(15-12)6-13-3/h4-5,7-9,13H,6H2,1-3H3. The van der Waals surface area contributed by atoms with Crippen LogP contribution in [0, 0.1) is 0 Å². The highest BCUT2D eigenvalue weighted by molar-refractivity contribution is 5.20. The molecule has 90 valence electrons. The maximum atomic E-state index is 4.48. The Morgan fingerprint density at radius 2 is 2.18 bits per heavy atom. The molecular weight excluding hydrogens is 214 g/mol. The predicted octanol–water partition coefficient (Wildman–Crippen LogP) is 1.51. The third-order valence-corrected chi connectivity index (χ3v) is 2.47. The van der Waals surface area contributed by atoms with Gasteiger partial charge in [-0.1, -0.05) is 13.8 Å². The van der Waals surface area contributed by atoms with Crippen molar-refractivity contribution in [3.8, 4) is 5.82 Å². The normalized spacial score (nSPS) is 11.1. The molecule has 0 spiro atoms. The monoisotopic (exact) mass is 231 g/mol. The highest BCUT2D eigenvalue weighted by Gasteiger charge is 2.06. The lowest BCUT2D eigenvalue weighted by molar-refractivity contribution is 0.735. The van der Waals surface area contributed by atoms with Gasteiger partial charge in [-0.25, -0.2) is 9.67 Å². The van der Waals surface area contributed by atoms with Crippen molar-refractivity contribution in [1.29, 1.82) is 0 Å². The van der Waals surface area contributed by atoms with Crippen LogP contribution in [0.1, 0.15) is 31.2 Å². The fourth-order valence-electron chi connectivity index (χ4n) is 1.55. The topological polar surface area (TPSA) is 55.6 Å². The van der Waals surface area contributed by atoms with E-state index in [0.29, 0.717) is 12.5 Å². The van der Waals surface area contributed by atoms with Crippen LogP contribution in [-0.4, -0.2) is 26.8 Å². The summed E-state index contributed by atoms with van der Waals surface area (Å²) in [5.74, 6) is 1.18. The zero-order valence-corrected chi connectivity index (χ0v) is 10.4. The molecule has 0 fully saturated rings. The van der Waals surface area contributed by atoms with E-state index in [2.05, 4.69) is 34.2 Å². The van der Waals surface area contributed by atoms with Crippen LogP contribution >= 0.6 is 0 Å². The summed E-state index contributed by atoms with van der Waals surface area (Å²) in [5, 5.41) is 7.53. The third kappa shape index (κ3) is 2.68. The SMILES string of the molecule is CNCc1cncc(-n2ccc(C(C)C)n2)n1. The Labute approximate surface area is 101 Å². The van der Waals surface area contributed by atoms with E-state index in [-0.39, 0.29) is 0 Å². The number of rotatable bonds is 4. The molecule has 0 aliphatic carbocycles. The van der Waals surface area contributed by atoms with Gasteiger partial charge in [-0.2, -0.15) is 5.10 Å². The number of nitrogens with one attached hydrogen (secondary N) is 1. The first-order valence-corrected chi connectivity index (χ1v) is 5.72. The molecule has 0 aliphatic heterocycles. The van der Waals surface area contributed by atoms with Crippen molar-refractivity contribution in [3.05, 3.63) is 36.0 Å². The Kier molecular flexibility index (Phi) is 3.49. The highest BCUT2D eigenvalue weighted by Crippen LogP contribution is 2.12. The Morgan fingerprint density at radius 1 is 1.35 bits per heavy atom. The quantitative estimate of drug-likeness (QED) is 0.866. The molecule has 5 heteroatoms. The van der Waals surface area contributed by atoms with Crippen LogP contribution < -0.4 is 5.32 Å². The van der Waals surface area contributed by atoms with E-state index in [1.165, 1.54) is 0 Å². The smallest absolute Gasteiger partial charge is 0.172 e. The third-order valence-electron chi connectivity index (χ3n) is 2.47. The maximum Gasteiger partial charge on any atom is 0.172 e. The first-order chi connectivity index (χ1) is 8.20. The number of aromatic nitrogens is 4. The van der Waals surface area contributed by atoms with Gasteiger partial charge in [-0.3, -0.25) is 4.98 Å². The van der Waals surface area contributed by atoms with Crippen LogP contribution in [0.4, 0.5) is 0 Å². The molecule has 2 rings (SSSR count). The second kappa shape index (κ2) is 5.05. The van der Waals surface area contributed by atoms with Crippen molar-refractivity contribution >= 4 is 0 Å². The van der Waals surface area contributed by atoms with Gasteiger partial charge in [0.15, 0.2) is 5.82 Å². The van der Waals surface area contributed by atoms with Crippen LogP contribution in [0.5, 0.6) is 0 Å². The minimum Gasteiger partial charge on any atom is -0.314 e. The summed E-state index contributed by atoms with van der Waals surface area (Å²) in [6.07, 6.45) is 5.39. The Balaban J connectivity index is 2.28. The lowest BCUT2D eigenvalue weighted by Crippen LogP contribution is -2.09. The van der Waals surface area contributed by atoms with Crippen LogP contribution in [0.25, 0.3) is 5.82 Å². The molecule has 0 saturated carbocycles. The van der Waals surface area contributed by atoms with E-state index in [9.17, 15) is 0 Å². The summed E-state index contributed by atoms with van der Waals surface area (Å²) >= 11 is 0. The lowest BCUT2D eigenvalue weighted by atomic mass is 10.1. The van der Waals surface area contributed by atoms with Crippen LogP contribution in [0.3, 0.4) is 0 Å². The summed E-state index contributed by atoms with van der Waals surface area (Å²) < 4.78 is 1.77. The van der Waals surface area contributed by atoms with Gasteiger partial charge in [-0.05, 0) is 19.0 Å². The zero-order valence-electron chi connectivity index (χ0n) is 10.4. The Bertz CT molecular complexity index is 489. The predicted molar refractivity (Wildman–Crippen MR) is 66.0 cm³/mol. The van der Waals surface area contributed by atoms with Crippen molar-refractivity contribution in [2.45, 2.75) is 26.3 Å². The summed E-state index contributed by atoms with van der Waals surface area (Å²) in [4.78, 5) is 8.65. The molecule has 17 heavy (non-hydrogen) atoms. The molecule has 0 radical (unpaired) electrons. The fraction of sp³-hybridized carbons (Fsp3) is 0.417. The summed E-state index contributed by atoms with van der Waals surface area (Å²) in [5.41, 5.74) is 1.97. The van der Waals surface area contributed by atoms with Crippen LogP contribution in [0.2, 0.25) is 0 Å². The molecule has 5 nitrogen and oxygen atoms in total. The number of nitrogens with zero attached hydrogens (tertiary/aromatic N) is 4. The summed E-state index contributed by atoms with van der Waals surface area (Å²) in [6, 6.07) is 2.01. The summed E-state index contributed by atoms with van der Waals surface area (Å²) in [7, 11) is 1.89. The molecule has 0 amide bonds. The molecule has 0 saturated heterocycles. The molecule has 0 atom stereocenters. The molecule has 2 aromatic heterocycles. The molecule has 2 heterocycles. The second-order valence-corrected chi connectivity index (χ2v) is 4.24. The van der Waals surface area contributed by atoms with Gasteiger partial charge in [0.1, 0.15) is 0 Å². The number of hydrogen-bond acceptors (Lipinski definition) is 4. The van der Waals surface area contributed by atoms with E-state index in [1.807, 2.05) is 19.3 Å². The first-order valence-electron chi connectivity index (χ1n) is 5.72. The molecule has 2 aromatic rings. The second-order valence-electron chi connectivity index (χ2n) is 4.24. The van der Waals surface area contributed by atoms with E-state index >= 15 is 0 Å². The van der Waals surface area contributed by atoms with Crippen molar-refractivity contribution in [3.63, 3.8) is 0 Å². The Morgan fingerprint density at radius 3 is 2.82 bits per heavy atom. The van der Waals surface area contributed by atoms with E-state index in [1.54, 1.807) is 17.1 Å². The van der Waals surface area contributed by atoms with Crippen LogP contribution in [0.15, 0.2) is 24.7 Å². The molecule has 0 bridgehead atoms. The van der Waals surface area contributed by atoms with Crippen LogP contribution in [-0.2, 0) is 6.54 Å². The van der Waals surface area contributed by atoms with Gasteiger partial charge < -0.3 is 5.32 Å². The van der Waals surface area contributed by atoms with Crippen molar-refractivity contribution in [2.75, 3.05) is 7.05 Å². The van der Waals surface area contributed by atoms with Gasteiger partial charge in [0.25, 0.3) is 0 Å². The molecule has 1 N–H and O–H groups in total. The molecule has 0 aliphatic rings. The minimum atomic E-state index is 0.421. The largest absolute Gasteiger partial charge is 0.314 e. The maximum absolute atomic E-state index is 4.48. The van der Waals surface area contributed by atoms with Crippen molar-refractivity contribution in [1.82, 2.24) is 25.1 Å². The van der Waals surface area contributed by atoms with Crippen molar-refractivity contribution in [2.24, 2.45) is 0 Å². The molecular formula is C12H17N5. The molecule has 0 unspecified atom stereocenters. The Hall–Kier alpha value is -1.75. The highest BCUT2D eigenvalue weighted by atomic mass is 15.3. The van der Waals surface area contributed by atoms with E-state index in [4.69, 9.17) is 0 Å². The van der Waals surface area contributed by atoms with E-state index < -0.39 is 0 Å². The summed E-state index contributed by atoms with van der Waals surface area (Å²) in [6.45, 7) is 4.95. The van der Waals surface area contributed by atoms with Gasteiger partial charge in [0.2, 0.25) is 0 Å². The number of hydrogen-bond donors (Lipinski definition) is 1. The van der Waals surface area contributed by atoms with Gasteiger partial charge >= 0.3 is 0 Å². The zero-order chi connectivity index (χ0) is 12.3. The van der Waals surface area contributed by atoms with Gasteiger partial charge in [0.05, 0.1) is 17.6 Å². The first kappa shape index (κ1) is 11.7. The van der Waals surface area contributed by atoms with E-state index in [0.717, 1.165) is 17.2 Å².